The molecule has 27 heavy (non-hydrogen) atoms. The van der Waals surface area contributed by atoms with Gasteiger partial charge in [-0.15, -0.1) is 0 Å². The van der Waals surface area contributed by atoms with E-state index in [1.54, 1.807) is 12.4 Å². The van der Waals surface area contributed by atoms with E-state index >= 15 is 0 Å². The maximum absolute atomic E-state index is 9.56. The third-order valence-corrected chi connectivity index (χ3v) is 4.84. The number of ether oxygens (including phenoxy) is 1. The van der Waals surface area contributed by atoms with Gasteiger partial charge in [0, 0.05) is 61.9 Å². The Morgan fingerprint density at radius 1 is 1.11 bits per heavy atom. The van der Waals surface area contributed by atoms with Gasteiger partial charge < -0.3 is 9.84 Å². The van der Waals surface area contributed by atoms with E-state index in [9.17, 15) is 5.11 Å². The lowest BCUT2D eigenvalue weighted by Crippen LogP contribution is -2.31. The van der Waals surface area contributed by atoms with Crippen LogP contribution in [-0.2, 0) is 11.3 Å². The third kappa shape index (κ3) is 4.24. The van der Waals surface area contributed by atoms with Crippen molar-refractivity contribution < 1.29 is 9.84 Å². The molecule has 0 amide bonds. The number of aliphatic hydroxyl groups is 1. The molecule has 1 saturated heterocycles. The van der Waals surface area contributed by atoms with Gasteiger partial charge in [0.05, 0.1) is 24.6 Å². The molecule has 1 aliphatic heterocycles. The summed E-state index contributed by atoms with van der Waals surface area (Å²) in [7, 11) is 0. The van der Waals surface area contributed by atoms with Gasteiger partial charge in [-0.3, -0.25) is 9.88 Å². The molecule has 0 radical (unpaired) electrons. The van der Waals surface area contributed by atoms with Gasteiger partial charge in [0.2, 0.25) is 0 Å². The summed E-state index contributed by atoms with van der Waals surface area (Å²) in [5.41, 5.74) is 4.21. The first-order chi connectivity index (χ1) is 13.3. The SMILES string of the molecule is OC[C@@H]1COCCN(Cc2cn(-c3ccccc3)nc2-c2ccncc2)C1. The van der Waals surface area contributed by atoms with E-state index in [0.717, 1.165) is 42.1 Å². The Morgan fingerprint density at radius 2 is 1.93 bits per heavy atom. The van der Waals surface area contributed by atoms with Gasteiger partial charge in [0.1, 0.15) is 0 Å². The van der Waals surface area contributed by atoms with E-state index in [1.807, 2.05) is 35.0 Å². The molecule has 1 fully saturated rings. The number of nitrogens with zero attached hydrogens (tertiary/aromatic N) is 4. The first kappa shape index (κ1) is 17.9. The molecule has 1 aliphatic rings. The zero-order valence-corrected chi connectivity index (χ0v) is 15.2. The first-order valence-corrected chi connectivity index (χ1v) is 9.29. The molecule has 0 unspecified atom stereocenters. The fourth-order valence-corrected chi connectivity index (χ4v) is 3.44. The number of pyridine rings is 1. The highest BCUT2D eigenvalue weighted by Gasteiger charge is 2.21. The van der Waals surface area contributed by atoms with E-state index < -0.39 is 0 Å². The summed E-state index contributed by atoms with van der Waals surface area (Å²) in [6, 6.07) is 14.1. The molecule has 4 rings (SSSR count). The molecule has 0 spiro atoms. The van der Waals surface area contributed by atoms with Crippen molar-refractivity contribution in [2.45, 2.75) is 6.54 Å². The Labute approximate surface area is 159 Å². The summed E-state index contributed by atoms with van der Waals surface area (Å²) in [4.78, 5) is 6.46. The van der Waals surface area contributed by atoms with Gasteiger partial charge in [-0.05, 0) is 24.3 Å². The number of para-hydroxylation sites is 1. The minimum atomic E-state index is 0.150. The van der Waals surface area contributed by atoms with Gasteiger partial charge in [0.15, 0.2) is 0 Å². The van der Waals surface area contributed by atoms with Gasteiger partial charge in [0.25, 0.3) is 0 Å². The predicted molar refractivity (Wildman–Crippen MR) is 103 cm³/mol. The van der Waals surface area contributed by atoms with Crippen LogP contribution in [-0.4, -0.2) is 57.7 Å². The summed E-state index contributed by atoms with van der Waals surface area (Å²) in [5, 5.41) is 14.4. The van der Waals surface area contributed by atoms with Crippen molar-refractivity contribution in [3.63, 3.8) is 0 Å². The van der Waals surface area contributed by atoms with Crippen molar-refractivity contribution >= 4 is 0 Å². The van der Waals surface area contributed by atoms with Crippen LogP contribution in [0.1, 0.15) is 5.56 Å². The zero-order chi connectivity index (χ0) is 18.5. The van der Waals surface area contributed by atoms with Crippen LogP contribution in [0, 0.1) is 5.92 Å². The summed E-state index contributed by atoms with van der Waals surface area (Å²) in [6.45, 7) is 3.90. The summed E-state index contributed by atoms with van der Waals surface area (Å²) in [6.07, 6.45) is 5.69. The highest BCUT2D eigenvalue weighted by molar-refractivity contribution is 5.62. The Kier molecular flexibility index (Phi) is 5.58. The number of aromatic nitrogens is 3. The highest BCUT2D eigenvalue weighted by atomic mass is 16.5. The molecule has 0 bridgehead atoms. The van der Waals surface area contributed by atoms with Crippen LogP contribution < -0.4 is 0 Å². The molecular weight excluding hydrogens is 340 g/mol. The van der Waals surface area contributed by atoms with Crippen LogP contribution in [0.3, 0.4) is 0 Å². The fourth-order valence-electron chi connectivity index (χ4n) is 3.44. The molecule has 6 heteroatoms. The molecule has 140 valence electrons. The minimum Gasteiger partial charge on any atom is -0.396 e. The lowest BCUT2D eigenvalue weighted by atomic mass is 10.1. The van der Waals surface area contributed by atoms with E-state index in [0.29, 0.717) is 13.2 Å². The van der Waals surface area contributed by atoms with Gasteiger partial charge in [-0.2, -0.15) is 5.10 Å². The fraction of sp³-hybridized carbons (Fsp3) is 0.333. The Bertz CT molecular complexity index is 851. The van der Waals surface area contributed by atoms with Crippen molar-refractivity contribution in [3.05, 3.63) is 66.6 Å². The maximum atomic E-state index is 9.56. The predicted octanol–water partition coefficient (Wildman–Crippen LogP) is 2.38. The smallest absolute Gasteiger partial charge is 0.0973 e. The van der Waals surface area contributed by atoms with Gasteiger partial charge >= 0.3 is 0 Å². The van der Waals surface area contributed by atoms with E-state index in [-0.39, 0.29) is 12.5 Å². The number of hydrogen-bond acceptors (Lipinski definition) is 5. The largest absolute Gasteiger partial charge is 0.396 e. The van der Waals surface area contributed by atoms with Crippen LogP contribution in [0.5, 0.6) is 0 Å². The van der Waals surface area contributed by atoms with Gasteiger partial charge in [-0.1, -0.05) is 18.2 Å². The molecule has 1 atom stereocenters. The quantitative estimate of drug-likeness (QED) is 0.753. The molecule has 1 aromatic carbocycles. The molecule has 3 aromatic rings. The van der Waals surface area contributed by atoms with Crippen molar-refractivity contribution in [2.75, 3.05) is 32.9 Å². The van der Waals surface area contributed by atoms with Crippen LogP contribution in [0.2, 0.25) is 0 Å². The van der Waals surface area contributed by atoms with Crippen molar-refractivity contribution in [2.24, 2.45) is 5.92 Å². The van der Waals surface area contributed by atoms with Crippen molar-refractivity contribution in [1.82, 2.24) is 19.7 Å². The lowest BCUT2D eigenvalue weighted by Gasteiger charge is -2.22. The van der Waals surface area contributed by atoms with Crippen molar-refractivity contribution in [3.8, 4) is 16.9 Å². The van der Waals surface area contributed by atoms with Crippen LogP contribution >= 0.6 is 0 Å². The molecule has 2 aromatic heterocycles. The second-order valence-electron chi connectivity index (χ2n) is 6.88. The first-order valence-electron chi connectivity index (χ1n) is 9.29. The molecule has 0 aliphatic carbocycles. The van der Waals surface area contributed by atoms with Crippen LogP contribution in [0.4, 0.5) is 0 Å². The Morgan fingerprint density at radius 3 is 2.70 bits per heavy atom. The molecule has 6 nitrogen and oxygen atoms in total. The van der Waals surface area contributed by atoms with Crippen LogP contribution in [0.15, 0.2) is 61.1 Å². The summed E-state index contributed by atoms with van der Waals surface area (Å²) < 4.78 is 7.56. The topological polar surface area (TPSA) is 63.4 Å². The second kappa shape index (κ2) is 8.43. The maximum Gasteiger partial charge on any atom is 0.0973 e. The highest BCUT2D eigenvalue weighted by Crippen LogP contribution is 2.25. The lowest BCUT2D eigenvalue weighted by molar-refractivity contribution is 0.0958. The normalized spacial score (nSPS) is 18.3. The Hall–Kier alpha value is -2.54. The average molecular weight is 364 g/mol. The monoisotopic (exact) mass is 364 g/mol. The zero-order valence-electron chi connectivity index (χ0n) is 15.2. The van der Waals surface area contributed by atoms with E-state index in [1.165, 1.54) is 0 Å². The number of rotatable bonds is 5. The van der Waals surface area contributed by atoms with E-state index in [4.69, 9.17) is 9.84 Å². The molecule has 3 heterocycles. The minimum absolute atomic E-state index is 0.150. The number of benzene rings is 1. The molecular formula is C21H24N4O2. The number of hydrogen-bond donors (Lipinski definition) is 1. The van der Waals surface area contributed by atoms with Crippen LogP contribution in [0.25, 0.3) is 16.9 Å². The molecule has 0 saturated carbocycles. The summed E-state index contributed by atoms with van der Waals surface area (Å²) >= 11 is 0. The third-order valence-electron chi connectivity index (χ3n) is 4.84. The Balaban J connectivity index is 1.66. The average Bonchev–Trinajstić information content (AvgIpc) is 3.01. The standard InChI is InChI=1S/C21H24N4O2/c26-15-17-12-24(10-11-27-16-17)13-19-14-25(20-4-2-1-3-5-20)23-21(19)18-6-8-22-9-7-18/h1-9,14,17,26H,10-13,15-16H2/t17-/m1/s1. The molecule has 1 N–H and O–H groups in total. The van der Waals surface area contributed by atoms with Crippen molar-refractivity contribution in [1.29, 1.82) is 0 Å². The van der Waals surface area contributed by atoms with E-state index in [2.05, 4.69) is 28.2 Å². The second-order valence-corrected chi connectivity index (χ2v) is 6.88. The number of aliphatic hydroxyl groups excluding tert-OH is 1. The van der Waals surface area contributed by atoms with Gasteiger partial charge in [-0.25, -0.2) is 4.68 Å². The summed E-state index contributed by atoms with van der Waals surface area (Å²) in [5.74, 6) is 0.154.